The first-order valence-electron chi connectivity index (χ1n) is 7.50. The van der Waals surface area contributed by atoms with Gasteiger partial charge < -0.3 is 21.1 Å². The van der Waals surface area contributed by atoms with E-state index in [-0.39, 0.29) is 16.8 Å². The molecule has 0 aromatic rings. The van der Waals surface area contributed by atoms with E-state index in [0.717, 1.165) is 12.8 Å². The monoisotopic (exact) mass is 313 g/mol. The van der Waals surface area contributed by atoms with Crippen molar-refractivity contribution in [2.24, 2.45) is 11.1 Å². The highest BCUT2D eigenvalue weighted by molar-refractivity contribution is 7.80. The topological polar surface area (TPSA) is 93.5 Å². The summed E-state index contributed by atoms with van der Waals surface area (Å²) < 4.78 is 5.28. The highest BCUT2D eigenvalue weighted by atomic mass is 32.1. The number of carbonyl (C=O) groups is 2. The number of hydrogen-bond acceptors (Lipinski definition) is 4. The maximum atomic E-state index is 12.4. The number of nitrogens with one attached hydrogen (secondary N) is 2. The predicted molar refractivity (Wildman–Crippen MR) is 82.7 cm³/mol. The smallest absolute Gasteiger partial charge is 0.233 e. The van der Waals surface area contributed by atoms with Gasteiger partial charge in [0.05, 0.1) is 4.99 Å². The van der Waals surface area contributed by atoms with E-state index in [4.69, 9.17) is 22.7 Å². The zero-order valence-corrected chi connectivity index (χ0v) is 13.0. The highest BCUT2D eigenvalue weighted by Gasteiger charge is 2.42. The molecule has 0 bridgehead atoms. The van der Waals surface area contributed by atoms with Crippen LogP contribution in [0.5, 0.6) is 0 Å². The van der Waals surface area contributed by atoms with E-state index in [1.165, 1.54) is 0 Å². The minimum absolute atomic E-state index is 0.0573. The maximum Gasteiger partial charge on any atom is 0.233 e. The Hall–Kier alpha value is -1.21. The van der Waals surface area contributed by atoms with Crippen molar-refractivity contribution in [3.8, 4) is 0 Å². The van der Waals surface area contributed by atoms with Crippen molar-refractivity contribution >= 4 is 29.0 Å². The fourth-order valence-corrected chi connectivity index (χ4v) is 2.75. The molecule has 0 spiro atoms. The summed E-state index contributed by atoms with van der Waals surface area (Å²) in [6.45, 7) is 1.45. The predicted octanol–water partition coefficient (Wildman–Crippen LogP) is 0.244. The van der Waals surface area contributed by atoms with Crippen LogP contribution in [-0.4, -0.2) is 42.6 Å². The van der Waals surface area contributed by atoms with Crippen LogP contribution in [0.2, 0.25) is 0 Å². The van der Waals surface area contributed by atoms with E-state index in [2.05, 4.69) is 10.6 Å². The number of ether oxygens (including phenoxy) is 1. The zero-order valence-electron chi connectivity index (χ0n) is 12.2. The average molecular weight is 313 g/mol. The third-order valence-electron chi connectivity index (χ3n) is 4.06. The SMILES string of the molecule is NC(=S)C1(C(=O)NCCCC(=O)NC2CC2)CCOCC1. The van der Waals surface area contributed by atoms with E-state index >= 15 is 0 Å². The molecule has 21 heavy (non-hydrogen) atoms. The first-order chi connectivity index (χ1) is 10.0. The lowest BCUT2D eigenvalue weighted by molar-refractivity contribution is -0.131. The van der Waals surface area contributed by atoms with Gasteiger partial charge in [0.15, 0.2) is 0 Å². The lowest BCUT2D eigenvalue weighted by Crippen LogP contribution is -2.52. The Kier molecular flexibility index (Phi) is 5.52. The van der Waals surface area contributed by atoms with Crippen LogP contribution in [0.15, 0.2) is 0 Å². The van der Waals surface area contributed by atoms with Crippen LogP contribution in [0.25, 0.3) is 0 Å². The number of carbonyl (C=O) groups excluding carboxylic acids is 2. The molecule has 2 aliphatic rings. The van der Waals surface area contributed by atoms with Crippen molar-refractivity contribution < 1.29 is 14.3 Å². The number of thiocarbonyl (C=S) groups is 1. The fraction of sp³-hybridized carbons (Fsp3) is 0.786. The van der Waals surface area contributed by atoms with Crippen LogP contribution in [0.1, 0.15) is 38.5 Å². The van der Waals surface area contributed by atoms with Crippen molar-refractivity contribution in [2.45, 2.75) is 44.6 Å². The maximum absolute atomic E-state index is 12.4. The minimum Gasteiger partial charge on any atom is -0.392 e. The molecule has 0 radical (unpaired) electrons. The molecule has 0 aromatic carbocycles. The molecule has 0 aromatic heterocycles. The van der Waals surface area contributed by atoms with Crippen molar-refractivity contribution in [3.63, 3.8) is 0 Å². The second kappa shape index (κ2) is 7.17. The van der Waals surface area contributed by atoms with E-state index in [0.29, 0.717) is 51.5 Å². The van der Waals surface area contributed by atoms with Gasteiger partial charge in [-0.2, -0.15) is 0 Å². The largest absolute Gasteiger partial charge is 0.392 e. The van der Waals surface area contributed by atoms with Gasteiger partial charge in [-0.3, -0.25) is 9.59 Å². The number of rotatable bonds is 7. The van der Waals surface area contributed by atoms with Crippen LogP contribution >= 0.6 is 12.2 Å². The Bertz CT molecular complexity index is 418. The van der Waals surface area contributed by atoms with Crippen LogP contribution < -0.4 is 16.4 Å². The molecule has 6 nitrogen and oxygen atoms in total. The molecule has 4 N–H and O–H groups in total. The third kappa shape index (κ3) is 4.38. The summed E-state index contributed by atoms with van der Waals surface area (Å²) in [6.07, 6.45) is 4.27. The minimum atomic E-state index is -0.788. The van der Waals surface area contributed by atoms with Gasteiger partial charge in [0.2, 0.25) is 11.8 Å². The Balaban J connectivity index is 1.71. The quantitative estimate of drug-likeness (QED) is 0.462. The summed E-state index contributed by atoms with van der Waals surface area (Å²) in [6, 6.07) is 0.382. The van der Waals surface area contributed by atoms with Gasteiger partial charge in [-0.15, -0.1) is 0 Å². The van der Waals surface area contributed by atoms with Gasteiger partial charge in [0, 0.05) is 32.2 Å². The Morgan fingerprint density at radius 2 is 1.95 bits per heavy atom. The summed E-state index contributed by atoms with van der Waals surface area (Å²) >= 11 is 5.08. The summed E-state index contributed by atoms with van der Waals surface area (Å²) in [7, 11) is 0. The van der Waals surface area contributed by atoms with E-state index < -0.39 is 5.41 Å². The molecule has 1 saturated carbocycles. The Labute approximate surface area is 130 Å². The van der Waals surface area contributed by atoms with Crippen molar-refractivity contribution in [1.29, 1.82) is 0 Å². The lowest BCUT2D eigenvalue weighted by atomic mass is 9.79. The van der Waals surface area contributed by atoms with Gasteiger partial charge in [0.25, 0.3) is 0 Å². The molecule has 1 saturated heterocycles. The first kappa shape index (κ1) is 16.2. The standard InChI is InChI=1S/C14H23N3O3S/c15-12(21)14(5-8-20-9-6-14)13(19)16-7-1-2-11(18)17-10-3-4-10/h10H,1-9H2,(H2,15,21)(H,16,19)(H,17,18). The Morgan fingerprint density at radius 1 is 1.29 bits per heavy atom. The molecule has 0 unspecified atom stereocenters. The van der Waals surface area contributed by atoms with Gasteiger partial charge in [0.1, 0.15) is 5.41 Å². The second-order valence-electron chi connectivity index (χ2n) is 5.76. The molecule has 0 atom stereocenters. The summed E-state index contributed by atoms with van der Waals surface area (Å²) in [5, 5.41) is 5.78. The molecule has 2 rings (SSSR count). The number of amides is 2. The average Bonchev–Trinajstić information content (AvgIpc) is 3.27. The highest BCUT2D eigenvalue weighted by Crippen LogP contribution is 2.31. The first-order valence-corrected chi connectivity index (χ1v) is 7.91. The number of nitrogens with two attached hydrogens (primary N) is 1. The molecule has 7 heteroatoms. The summed E-state index contributed by atoms with van der Waals surface area (Å²) in [4.78, 5) is 24.1. The summed E-state index contributed by atoms with van der Waals surface area (Å²) in [5.41, 5.74) is 4.98. The molecule has 2 amide bonds. The summed E-state index contributed by atoms with van der Waals surface area (Å²) in [5.74, 6) is -0.0808. The lowest BCUT2D eigenvalue weighted by Gasteiger charge is -2.34. The van der Waals surface area contributed by atoms with Crippen LogP contribution in [0.3, 0.4) is 0 Å². The Morgan fingerprint density at radius 3 is 2.52 bits per heavy atom. The fourth-order valence-electron chi connectivity index (χ4n) is 2.45. The van der Waals surface area contributed by atoms with Crippen LogP contribution in [-0.2, 0) is 14.3 Å². The molecule has 1 heterocycles. The van der Waals surface area contributed by atoms with Crippen molar-refractivity contribution in [3.05, 3.63) is 0 Å². The van der Waals surface area contributed by atoms with Gasteiger partial charge in [-0.25, -0.2) is 0 Å². The van der Waals surface area contributed by atoms with Crippen LogP contribution in [0, 0.1) is 5.41 Å². The molecule has 2 fully saturated rings. The van der Waals surface area contributed by atoms with Gasteiger partial charge >= 0.3 is 0 Å². The molecule has 118 valence electrons. The normalized spacial score (nSPS) is 20.6. The van der Waals surface area contributed by atoms with Crippen molar-refractivity contribution in [1.82, 2.24) is 10.6 Å². The molecular formula is C14H23N3O3S. The molecular weight excluding hydrogens is 290 g/mol. The molecule has 1 aliphatic heterocycles. The number of hydrogen-bond donors (Lipinski definition) is 3. The van der Waals surface area contributed by atoms with Gasteiger partial charge in [-0.05, 0) is 32.1 Å². The van der Waals surface area contributed by atoms with Crippen LogP contribution in [0.4, 0.5) is 0 Å². The second-order valence-corrected chi connectivity index (χ2v) is 6.20. The third-order valence-corrected chi connectivity index (χ3v) is 4.45. The van der Waals surface area contributed by atoms with Crippen molar-refractivity contribution in [2.75, 3.05) is 19.8 Å². The van der Waals surface area contributed by atoms with E-state index in [1.807, 2.05) is 0 Å². The zero-order chi connectivity index (χ0) is 15.3. The van der Waals surface area contributed by atoms with E-state index in [9.17, 15) is 9.59 Å². The molecule has 1 aliphatic carbocycles. The van der Waals surface area contributed by atoms with E-state index in [1.54, 1.807) is 0 Å². The van der Waals surface area contributed by atoms with Gasteiger partial charge in [-0.1, -0.05) is 12.2 Å².